The number of rotatable bonds is 7. The van der Waals surface area contributed by atoms with Crippen molar-refractivity contribution in [2.75, 3.05) is 19.8 Å². The predicted molar refractivity (Wildman–Crippen MR) is 80.7 cm³/mol. The van der Waals surface area contributed by atoms with E-state index in [4.69, 9.17) is 14.6 Å². The van der Waals surface area contributed by atoms with Crippen molar-refractivity contribution in [3.05, 3.63) is 42.0 Å². The van der Waals surface area contributed by atoms with E-state index in [0.29, 0.717) is 30.8 Å². The highest BCUT2D eigenvalue weighted by atomic mass is 16.5. The molecule has 1 aliphatic rings. The number of carboxylic acid groups (broad SMARTS) is 1. The molecule has 0 spiro atoms. The van der Waals surface area contributed by atoms with Crippen LogP contribution in [0.1, 0.15) is 30.1 Å². The molecule has 4 heteroatoms. The van der Waals surface area contributed by atoms with Gasteiger partial charge in [0.2, 0.25) is 0 Å². The van der Waals surface area contributed by atoms with Gasteiger partial charge in [-0.1, -0.05) is 31.2 Å². The van der Waals surface area contributed by atoms with Crippen LogP contribution in [0.3, 0.4) is 0 Å². The molecule has 2 atom stereocenters. The molecule has 0 aliphatic heterocycles. The Balaban J connectivity index is 1.70. The largest absolute Gasteiger partial charge is 0.490 e. The van der Waals surface area contributed by atoms with Gasteiger partial charge in [-0.3, -0.25) is 0 Å². The van der Waals surface area contributed by atoms with E-state index in [9.17, 15) is 4.79 Å². The number of allylic oxidation sites excluding steroid dienone is 2. The third-order valence-corrected chi connectivity index (χ3v) is 3.85. The van der Waals surface area contributed by atoms with Crippen molar-refractivity contribution in [2.24, 2.45) is 11.8 Å². The first-order chi connectivity index (χ1) is 10.2. The normalized spacial score (nSPS) is 21.2. The zero-order valence-corrected chi connectivity index (χ0v) is 12.3. The van der Waals surface area contributed by atoms with Crippen LogP contribution in [0.15, 0.2) is 36.4 Å². The Morgan fingerprint density at radius 3 is 2.76 bits per heavy atom. The molecular weight excluding hydrogens is 268 g/mol. The summed E-state index contributed by atoms with van der Waals surface area (Å²) in [6, 6.07) is 6.65. The van der Waals surface area contributed by atoms with Crippen molar-refractivity contribution in [3.63, 3.8) is 0 Å². The molecule has 0 amide bonds. The van der Waals surface area contributed by atoms with Gasteiger partial charge >= 0.3 is 5.97 Å². The molecule has 1 N–H and O–H groups in total. The van der Waals surface area contributed by atoms with Crippen LogP contribution in [0.2, 0.25) is 0 Å². The molecule has 0 saturated carbocycles. The first-order valence-corrected chi connectivity index (χ1v) is 7.36. The summed E-state index contributed by atoms with van der Waals surface area (Å²) >= 11 is 0. The molecule has 0 heterocycles. The van der Waals surface area contributed by atoms with Crippen LogP contribution in [0.5, 0.6) is 5.75 Å². The summed E-state index contributed by atoms with van der Waals surface area (Å²) in [7, 11) is 0. The van der Waals surface area contributed by atoms with E-state index < -0.39 is 5.97 Å². The fourth-order valence-corrected chi connectivity index (χ4v) is 2.45. The Morgan fingerprint density at radius 1 is 1.24 bits per heavy atom. The number of ether oxygens (including phenoxy) is 2. The number of carbonyl (C=O) groups is 1. The Morgan fingerprint density at radius 2 is 2.00 bits per heavy atom. The van der Waals surface area contributed by atoms with Gasteiger partial charge in [0, 0.05) is 0 Å². The van der Waals surface area contributed by atoms with Crippen LogP contribution in [0.4, 0.5) is 0 Å². The molecule has 21 heavy (non-hydrogen) atoms. The first kappa shape index (κ1) is 15.6. The van der Waals surface area contributed by atoms with E-state index in [1.54, 1.807) is 18.2 Å². The highest BCUT2D eigenvalue weighted by molar-refractivity contribution is 5.90. The minimum absolute atomic E-state index is 0.184. The van der Waals surface area contributed by atoms with E-state index in [0.717, 1.165) is 19.4 Å². The van der Waals surface area contributed by atoms with E-state index in [-0.39, 0.29) is 5.56 Å². The van der Waals surface area contributed by atoms with Crippen molar-refractivity contribution in [1.82, 2.24) is 0 Å². The highest BCUT2D eigenvalue weighted by Gasteiger charge is 2.18. The van der Waals surface area contributed by atoms with E-state index in [1.807, 2.05) is 0 Å². The van der Waals surface area contributed by atoms with Crippen LogP contribution in [0, 0.1) is 11.8 Å². The lowest BCUT2D eigenvalue weighted by Gasteiger charge is -2.24. The van der Waals surface area contributed by atoms with Crippen LogP contribution in [-0.2, 0) is 4.74 Å². The van der Waals surface area contributed by atoms with Crippen molar-refractivity contribution in [2.45, 2.75) is 19.8 Å². The smallest absolute Gasteiger partial charge is 0.339 e. The van der Waals surface area contributed by atoms with Crippen LogP contribution in [0.25, 0.3) is 0 Å². The molecule has 4 nitrogen and oxygen atoms in total. The molecule has 2 unspecified atom stereocenters. The number of benzene rings is 1. The van der Waals surface area contributed by atoms with Gasteiger partial charge in [0.15, 0.2) is 0 Å². The highest BCUT2D eigenvalue weighted by Crippen LogP contribution is 2.25. The fourth-order valence-electron chi connectivity index (χ4n) is 2.45. The lowest BCUT2D eigenvalue weighted by atomic mass is 9.85. The van der Waals surface area contributed by atoms with Gasteiger partial charge in [-0.25, -0.2) is 4.79 Å². The maximum Gasteiger partial charge on any atom is 0.339 e. The summed E-state index contributed by atoms with van der Waals surface area (Å²) in [5, 5.41) is 9.05. The second kappa shape index (κ2) is 7.84. The van der Waals surface area contributed by atoms with Crippen LogP contribution >= 0.6 is 0 Å². The predicted octanol–water partition coefficient (Wildman–Crippen LogP) is 3.38. The molecule has 1 aromatic carbocycles. The van der Waals surface area contributed by atoms with Crippen molar-refractivity contribution in [3.8, 4) is 5.75 Å². The summed E-state index contributed by atoms with van der Waals surface area (Å²) in [6.07, 6.45) is 6.64. The number of hydrogen-bond acceptors (Lipinski definition) is 3. The van der Waals surface area contributed by atoms with Gasteiger partial charge in [0.1, 0.15) is 17.9 Å². The number of aromatic carboxylic acids is 1. The molecule has 0 fully saturated rings. The molecule has 114 valence electrons. The third kappa shape index (κ3) is 4.60. The van der Waals surface area contributed by atoms with Gasteiger partial charge < -0.3 is 14.6 Å². The number of carboxylic acids is 1. The second-order valence-corrected chi connectivity index (χ2v) is 5.40. The zero-order chi connectivity index (χ0) is 15.1. The van der Waals surface area contributed by atoms with E-state index >= 15 is 0 Å². The summed E-state index contributed by atoms with van der Waals surface area (Å²) in [5.74, 6) is 0.641. The molecule has 0 aromatic heterocycles. The summed E-state index contributed by atoms with van der Waals surface area (Å²) in [5.41, 5.74) is 0.184. The lowest BCUT2D eigenvalue weighted by molar-refractivity contribution is 0.0571. The Bertz CT molecular complexity index is 495. The Labute approximate surface area is 125 Å². The summed E-state index contributed by atoms with van der Waals surface area (Å²) < 4.78 is 11.2. The van der Waals surface area contributed by atoms with Gasteiger partial charge in [-0.2, -0.15) is 0 Å². The fraction of sp³-hybridized carbons (Fsp3) is 0.471. The third-order valence-electron chi connectivity index (χ3n) is 3.85. The van der Waals surface area contributed by atoms with Crippen molar-refractivity contribution < 1.29 is 19.4 Å². The number of hydrogen-bond donors (Lipinski definition) is 1. The zero-order valence-electron chi connectivity index (χ0n) is 12.3. The molecule has 1 aromatic rings. The summed E-state index contributed by atoms with van der Waals surface area (Å²) in [4.78, 5) is 11.0. The molecular formula is C17H22O4. The SMILES string of the molecule is CC1CC=CCC1COCCOc1ccccc1C(=O)O. The van der Waals surface area contributed by atoms with Gasteiger partial charge in [-0.15, -0.1) is 0 Å². The van der Waals surface area contributed by atoms with Crippen LogP contribution in [-0.4, -0.2) is 30.9 Å². The monoisotopic (exact) mass is 290 g/mol. The molecule has 2 rings (SSSR count). The van der Waals surface area contributed by atoms with Crippen LogP contribution < -0.4 is 4.74 Å². The average molecular weight is 290 g/mol. The maximum atomic E-state index is 11.0. The molecule has 0 radical (unpaired) electrons. The van der Waals surface area contributed by atoms with Crippen molar-refractivity contribution in [1.29, 1.82) is 0 Å². The molecule has 0 saturated heterocycles. The minimum Gasteiger partial charge on any atom is -0.490 e. The second-order valence-electron chi connectivity index (χ2n) is 5.40. The quantitative estimate of drug-likeness (QED) is 0.618. The average Bonchev–Trinajstić information content (AvgIpc) is 2.49. The standard InChI is InChI=1S/C17H22O4/c1-13-6-2-3-7-14(13)12-20-10-11-21-16-9-5-4-8-15(16)17(18)19/h2-5,8-9,13-14H,6-7,10-12H2,1H3,(H,18,19). The molecule has 1 aliphatic carbocycles. The maximum absolute atomic E-state index is 11.0. The lowest BCUT2D eigenvalue weighted by Crippen LogP contribution is -2.21. The van der Waals surface area contributed by atoms with Gasteiger partial charge in [-0.05, 0) is 36.8 Å². The Hall–Kier alpha value is -1.81. The van der Waals surface area contributed by atoms with E-state index in [1.165, 1.54) is 6.07 Å². The molecule has 0 bridgehead atoms. The summed E-state index contributed by atoms with van der Waals surface area (Å²) in [6.45, 7) is 3.81. The van der Waals surface area contributed by atoms with Gasteiger partial charge in [0.25, 0.3) is 0 Å². The van der Waals surface area contributed by atoms with Gasteiger partial charge in [0.05, 0.1) is 13.2 Å². The Kier molecular flexibility index (Phi) is 5.81. The minimum atomic E-state index is -0.977. The first-order valence-electron chi connectivity index (χ1n) is 7.36. The number of para-hydroxylation sites is 1. The van der Waals surface area contributed by atoms with E-state index in [2.05, 4.69) is 19.1 Å². The topological polar surface area (TPSA) is 55.8 Å². The van der Waals surface area contributed by atoms with Crippen molar-refractivity contribution >= 4 is 5.97 Å².